The zero-order valence-corrected chi connectivity index (χ0v) is 13.5. The van der Waals surface area contributed by atoms with Gasteiger partial charge in [0.2, 0.25) is 0 Å². The van der Waals surface area contributed by atoms with E-state index in [-0.39, 0.29) is 15.7 Å². The van der Waals surface area contributed by atoms with E-state index >= 15 is 0 Å². The third-order valence-electron chi connectivity index (χ3n) is 3.21. The van der Waals surface area contributed by atoms with E-state index in [9.17, 15) is 9.59 Å². The average molecular weight is 323 g/mol. The van der Waals surface area contributed by atoms with E-state index in [1.807, 2.05) is 0 Å². The second kappa shape index (κ2) is 6.80. The SMILES string of the molecule is COCCCn1c(=S)[nH]c(=O)c2c(C(=O)OC)cc(C)nc21. The first-order chi connectivity index (χ1) is 10.5. The first-order valence-electron chi connectivity index (χ1n) is 6.71. The third-order valence-corrected chi connectivity index (χ3v) is 3.53. The number of nitrogens with one attached hydrogen (secondary N) is 1. The maximum absolute atomic E-state index is 12.2. The minimum absolute atomic E-state index is 0.182. The van der Waals surface area contributed by atoms with Gasteiger partial charge in [-0.25, -0.2) is 9.78 Å². The Morgan fingerprint density at radius 1 is 1.45 bits per heavy atom. The van der Waals surface area contributed by atoms with Crippen LogP contribution in [-0.2, 0) is 16.0 Å². The van der Waals surface area contributed by atoms with Crippen LogP contribution in [0.5, 0.6) is 0 Å². The predicted octanol–water partition coefficient (Wildman–Crippen LogP) is 1.59. The summed E-state index contributed by atoms with van der Waals surface area (Å²) in [7, 11) is 2.88. The molecule has 2 aromatic rings. The molecule has 7 nitrogen and oxygen atoms in total. The molecule has 0 saturated carbocycles. The molecule has 0 atom stereocenters. The summed E-state index contributed by atoms with van der Waals surface area (Å²) in [6.45, 7) is 2.82. The summed E-state index contributed by atoms with van der Waals surface area (Å²) in [4.78, 5) is 31.1. The molecular formula is C14H17N3O4S. The van der Waals surface area contributed by atoms with E-state index in [1.165, 1.54) is 13.2 Å². The van der Waals surface area contributed by atoms with Crippen molar-refractivity contribution in [2.75, 3.05) is 20.8 Å². The number of carbonyl (C=O) groups is 1. The summed E-state index contributed by atoms with van der Waals surface area (Å²) in [5.74, 6) is -0.582. The van der Waals surface area contributed by atoms with Crippen LogP contribution in [0.2, 0.25) is 0 Å². The van der Waals surface area contributed by atoms with Crippen LogP contribution >= 0.6 is 12.2 Å². The van der Waals surface area contributed by atoms with Crippen molar-refractivity contribution in [2.24, 2.45) is 0 Å². The number of nitrogens with zero attached hydrogens (tertiary/aromatic N) is 2. The van der Waals surface area contributed by atoms with Gasteiger partial charge in [0.1, 0.15) is 5.65 Å². The average Bonchev–Trinajstić information content (AvgIpc) is 2.48. The number of fused-ring (bicyclic) bond motifs is 1. The number of rotatable bonds is 5. The molecule has 0 radical (unpaired) electrons. The van der Waals surface area contributed by atoms with Gasteiger partial charge in [-0.2, -0.15) is 0 Å². The number of methoxy groups -OCH3 is 2. The van der Waals surface area contributed by atoms with Crippen molar-refractivity contribution in [1.82, 2.24) is 14.5 Å². The molecule has 1 N–H and O–H groups in total. The lowest BCUT2D eigenvalue weighted by Crippen LogP contribution is -2.20. The summed E-state index contributed by atoms with van der Waals surface area (Å²) in [5.41, 5.74) is 0.719. The summed E-state index contributed by atoms with van der Waals surface area (Å²) in [6, 6.07) is 1.53. The molecular weight excluding hydrogens is 306 g/mol. The Morgan fingerprint density at radius 2 is 2.18 bits per heavy atom. The second-order valence-electron chi connectivity index (χ2n) is 4.76. The number of aryl methyl sites for hydroxylation is 2. The lowest BCUT2D eigenvalue weighted by atomic mass is 10.1. The van der Waals surface area contributed by atoms with Crippen LogP contribution in [0.25, 0.3) is 11.0 Å². The molecule has 2 aromatic heterocycles. The number of H-pyrrole nitrogens is 1. The van der Waals surface area contributed by atoms with Crippen molar-refractivity contribution in [3.63, 3.8) is 0 Å². The Labute approximate surface area is 131 Å². The standard InChI is InChI=1S/C14H17N3O4S/c1-8-7-9(13(19)21-3)10-11(15-8)17(5-4-6-20-2)14(22)16-12(10)18/h7H,4-6H2,1-3H3,(H,16,18,22). The summed E-state index contributed by atoms with van der Waals surface area (Å²) >= 11 is 5.21. The minimum atomic E-state index is -0.582. The van der Waals surface area contributed by atoms with Gasteiger partial charge in [0.25, 0.3) is 5.56 Å². The van der Waals surface area contributed by atoms with Gasteiger partial charge in [-0.1, -0.05) is 0 Å². The molecule has 0 spiro atoms. The second-order valence-corrected chi connectivity index (χ2v) is 5.15. The van der Waals surface area contributed by atoms with Crippen molar-refractivity contribution in [1.29, 1.82) is 0 Å². The van der Waals surface area contributed by atoms with Gasteiger partial charge in [0.15, 0.2) is 4.77 Å². The molecule has 0 fully saturated rings. The van der Waals surface area contributed by atoms with Crippen LogP contribution in [0.4, 0.5) is 0 Å². The fourth-order valence-corrected chi connectivity index (χ4v) is 2.52. The first-order valence-corrected chi connectivity index (χ1v) is 7.12. The number of aromatic nitrogens is 3. The summed E-state index contributed by atoms with van der Waals surface area (Å²) < 4.78 is 11.7. The van der Waals surface area contributed by atoms with Gasteiger partial charge in [-0.05, 0) is 31.6 Å². The molecule has 0 aliphatic carbocycles. The molecule has 2 rings (SSSR count). The molecule has 0 unspecified atom stereocenters. The Kier molecular flexibility index (Phi) is 5.04. The quantitative estimate of drug-likeness (QED) is 0.511. The molecule has 2 heterocycles. The Morgan fingerprint density at radius 3 is 2.82 bits per heavy atom. The van der Waals surface area contributed by atoms with E-state index in [4.69, 9.17) is 21.7 Å². The van der Waals surface area contributed by atoms with Crippen LogP contribution < -0.4 is 5.56 Å². The lowest BCUT2D eigenvalue weighted by molar-refractivity contribution is 0.0602. The van der Waals surface area contributed by atoms with Crippen LogP contribution in [0, 0.1) is 11.7 Å². The number of hydrogen-bond acceptors (Lipinski definition) is 6. The smallest absolute Gasteiger partial charge is 0.338 e. The fraction of sp³-hybridized carbons (Fsp3) is 0.429. The lowest BCUT2D eigenvalue weighted by Gasteiger charge is -2.12. The van der Waals surface area contributed by atoms with Crippen molar-refractivity contribution in [2.45, 2.75) is 19.9 Å². The molecule has 0 aliphatic heterocycles. The van der Waals surface area contributed by atoms with E-state index in [1.54, 1.807) is 18.6 Å². The highest BCUT2D eigenvalue weighted by Crippen LogP contribution is 2.16. The molecule has 0 amide bonds. The largest absolute Gasteiger partial charge is 0.465 e. The topological polar surface area (TPSA) is 86.2 Å². The zero-order chi connectivity index (χ0) is 16.3. The maximum atomic E-state index is 12.2. The number of esters is 1. The van der Waals surface area contributed by atoms with Gasteiger partial charge in [0, 0.05) is 26.0 Å². The van der Waals surface area contributed by atoms with Crippen molar-refractivity contribution >= 4 is 29.2 Å². The molecule has 8 heteroatoms. The van der Waals surface area contributed by atoms with Crippen molar-refractivity contribution < 1.29 is 14.3 Å². The Hall–Kier alpha value is -2.06. The molecule has 0 saturated heterocycles. The molecule has 118 valence electrons. The van der Waals surface area contributed by atoms with E-state index < -0.39 is 11.5 Å². The number of aromatic amines is 1. The number of ether oxygens (including phenoxy) is 2. The van der Waals surface area contributed by atoms with Crippen LogP contribution in [-0.4, -0.2) is 41.3 Å². The predicted molar refractivity (Wildman–Crippen MR) is 83.8 cm³/mol. The molecule has 22 heavy (non-hydrogen) atoms. The molecule has 0 aliphatic rings. The van der Waals surface area contributed by atoms with Gasteiger partial charge in [0.05, 0.1) is 18.1 Å². The van der Waals surface area contributed by atoms with Gasteiger partial charge in [-0.15, -0.1) is 0 Å². The van der Waals surface area contributed by atoms with E-state index in [0.29, 0.717) is 30.9 Å². The highest BCUT2D eigenvalue weighted by Gasteiger charge is 2.18. The van der Waals surface area contributed by atoms with E-state index in [0.717, 1.165) is 0 Å². The summed E-state index contributed by atoms with van der Waals surface area (Å²) in [5, 5.41) is 0.184. The van der Waals surface area contributed by atoms with Crippen molar-refractivity contribution in [3.05, 3.63) is 32.4 Å². The van der Waals surface area contributed by atoms with Crippen molar-refractivity contribution in [3.8, 4) is 0 Å². The summed E-state index contributed by atoms with van der Waals surface area (Å²) in [6.07, 6.45) is 0.704. The number of hydrogen-bond donors (Lipinski definition) is 1. The van der Waals surface area contributed by atoms with Crippen LogP contribution in [0.15, 0.2) is 10.9 Å². The van der Waals surface area contributed by atoms with Crippen LogP contribution in [0.1, 0.15) is 22.5 Å². The molecule has 0 aromatic carbocycles. The highest BCUT2D eigenvalue weighted by molar-refractivity contribution is 7.71. The Balaban J connectivity index is 2.76. The Bertz CT molecular complexity index is 825. The normalized spacial score (nSPS) is 10.9. The van der Waals surface area contributed by atoms with Gasteiger partial charge >= 0.3 is 5.97 Å². The van der Waals surface area contributed by atoms with E-state index in [2.05, 4.69) is 9.97 Å². The highest BCUT2D eigenvalue weighted by atomic mass is 32.1. The maximum Gasteiger partial charge on any atom is 0.338 e. The monoisotopic (exact) mass is 323 g/mol. The van der Waals surface area contributed by atoms with Crippen LogP contribution in [0.3, 0.4) is 0 Å². The number of pyridine rings is 1. The first kappa shape index (κ1) is 16.3. The van der Waals surface area contributed by atoms with Gasteiger partial charge in [-0.3, -0.25) is 9.78 Å². The minimum Gasteiger partial charge on any atom is -0.465 e. The zero-order valence-electron chi connectivity index (χ0n) is 12.6. The van der Waals surface area contributed by atoms with Gasteiger partial charge < -0.3 is 14.0 Å². The fourth-order valence-electron chi connectivity index (χ4n) is 2.24. The third kappa shape index (κ3) is 3.07. The number of carbonyl (C=O) groups excluding carboxylic acids is 1. The molecule has 0 bridgehead atoms.